The summed E-state index contributed by atoms with van der Waals surface area (Å²) in [7, 11) is 1.89. The number of likely N-dealkylation sites (tertiary alicyclic amines) is 1. The molecule has 0 bridgehead atoms. The number of benzene rings is 1. The molecular formula is C21H33IN4O. The minimum absolute atomic E-state index is 0. The molecule has 150 valence electrons. The van der Waals surface area contributed by atoms with Crippen molar-refractivity contribution in [2.45, 2.75) is 37.8 Å². The van der Waals surface area contributed by atoms with Crippen LogP contribution >= 0.6 is 24.0 Å². The van der Waals surface area contributed by atoms with Crippen molar-refractivity contribution in [3.8, 4) is 0 Å². The molecule has 27 heavy (non-hydrogen) atoms. The molecule has 3 saturated heterocycles. The number of nitrogens with one attached hydrogen (secondary N) is 1. The van der Waals surface area contributed by atoms with E-state index < -0.39 is 0 Å². The zero-order chi connectivity index (χ0) is 17.8. The number of halogens is 1. The van der Waals surface area contributed by atoms with Crippen LogP contribution in [0.1, 0.15) is 24.8 Å². The summed E-state index contributed by atoms with van der Waals surface area (Å²) in [5, 5.41) is 3.57. The van der Waals surface area contributed by atoms with E-state index in [1.54, 1.807) is 0 Å². The van der Waals surface area contributed by atoms with Crippen LogP contribution in [0.5, 0.6) is 0 Å². The summed E-state index contributed by atoms with van der Waals surface area (Å²) in [6.45, 7) is 6.24. The van der Waals surface area contributed by atoms with Crippen molar-refractivity contribution in [3.05, 3.63) is 35.9 Å². The van der Waals surface area contributed by atoms with Crippen molar-refractivity contribution in [2.24, 2.45) is 10.9 Å². The lowest BCUT2D eigenvalue weighted by molar-refractivity contribution is -0.0454. The molecule has 3 fully saturated rings. The van der Waals surface area contributed by atoms with Gasteiger partial charge in [-0.15, -0.1) is 24.0 Å². The van der Waals surface area contributed by atoms with Crippen molar-refractivity contribution >= 4 is 29.9 Å². The first-order valence-electron chi connectivity index (χ1n) is 10.2. The zero-order valence-corrected chi connectivity index (χ0v) is 18.7. The van der Waals surface area contributed by atoms with Crippen molar-refractivity contribution < 1.29 is 4.74 Å². The summed E-state index contributed by atoms with van der Waals surface area (Å²) in [6, 6.07) is 11.5. The van der Waals surface area contributed by atoms with Gasteiger partial charge in [-0.1, -0.05) is 30.3 Å². The fourth-order valence-corrected chi connectivity index (χ4v) is 4.69. The van der Waals surface area contributed by atoms with E-state index in [9.17, 15) is 0 Å². The lowest BCUT2D eigenvalue weighted by Gasteiger charge is -2.35. The predicted octanol–water partition coefficient (Wildman–Crippen LogP) is 2.61. The smallest absolute Gasteiger partial charge is 0.193 e. The van der Waals surface area contributed by atoms with Gasteiger partial charge in [-0.2, -0.15) is 0 Å². The molecule has 0 aromatic heterocycles. The van der Waals surface area contributed by atoms with Crippen LogP contribution in [0.25, 0.3) is 0 Å². The molecule has 3 heterocycles. The summed E-state index contributed by atoms with van der Waals surface area (Å²) < 4.78 is 6.07. The number of hydrogen-bond acceptors (Lipinski definition) is 3. The zero-order valence-electron chi connectivity index (χ0n) is 16.3. The molecule has 0 amide bonds. The van der Waals surface area contributed by atoms with Crippen LogP contribution in [-0.2, 0) is 11.2 Å². The maximum atomic E-state index is 6.07. The molecule has 3 aliphatic rings. The second-order valence-electron chi connectivity index (χ2n) is 7.96. The van der Waals surface area contributed by atoms with Gasteiger partial charge in [0.15, 0.2) is 5.96 Å². The molecule has 3 aliphatic heterocycles. The number of hydrogen-bond donors (Lipinski definition) is 1. The van der Waals surface area contributed by atoms with Gasteiger partial charge >= 0.3 is 0 Å². The second kappa shape index (κ2) is 10.1. The number of nitrogens with zero attached hydrogens (tertiary/aromatic N) is 3. The molecule has 1 aromatic carbocycles. The van der Waals surface area contributed by atoms with Gasteiger partial charge < -0.3 is 15.0 Å². The third kappa shape index (κ3) is 5.35. The molecule has 1 aromatic rings. The van der Waals surface area contributed by atoms with E-state index in [2.05, 4.69) is 50.4 Å². The normalized spacial score (nSPS) is 28.7. The quantitative estimate of drug-likeness (QED) is 0.406. The number of guanidine groups is 1. The molecule has 0 spiro atoms. The Bertz CT molecular complexity index is 611. The monoisotopic (exact) mass is 484 g/mol. The molecule has 0 aliphatic carbocycles. The van der Waals surface area contributed by atoms with Gasteiger partial charge in [0.2, 0.25) is 0 Å². The van der Waals surface area contributed by atoms with Gasteiger partial charge in [0, 0.05) is 39.3 Å². The highest BCUT2D eigenvalue weighted by atomic mass is 127. The van der Waals surface area contributed by atoms with Crippen LogP contribution < -0.4 is 5.32 Å². The number of fused-ring (bicyclic) bond motifs is 1. The van der Waals surface area contributed by atoms with Gasteiger partial charge in [-0.3, -0.25) is 9.89 Å². The van der Waals surface area contributed by atoms with Crippen LogP contribution in [0.3, 0.4) is 0 Å². The Balaban J connectivity index is 0.00000210. The van der Waals surface area contributed by atoms with Gasteiger partial charge in [-0.25, -0.2) is 0 Å². The highest BCUT2D eigenvalue weighted by Gasteiger charge is 2.32. The predicted molar refractivity (Wildman–Crippen MR) is 121 cm³/mol. The first kappa shape index (κ1) is 20.9. The Kier molecular flexibility index (Phi) is 7.78. The Labute approximate surface area is 180 Å². The molecular weight excluding hydrogens is 451 g/mol. The van der Waals surface area contributed by atoms with Gasteiger partial charge in [0.05, 0.1) is 12.7 Å². The Morgan fingerprint density at radius 1 is 1.19 bits per heavy atom. The summed E-state index contributed by atoms with van der Waals surface area (Å²) in [5.41, 5.74) is 1.44. The topological polar surface area (TPSA) is 40.1 Å². The largest absolute Gasteiger partial charge is 0.373 e. The first-order valence-corrected chi connectivity index (χ1v) is 10.2. The van der Waals surface area contributed by atoms with Gasteiger partial charge in [0.25, 0.3) is 0 Å². The van der Waals surface area contributed by atoms with Crippen LogP contribution in [0.2, 0.25) is 0 Å². The van der Waals surface area contributed by atoms with Crippen LogP contribution in [-0.4, -0.2) is 74.3 Å². The molecule has 3 unspecified atom stereocenters. The third-order valence-electron chi connectivity index (χ3n) is 6.11. The summed E-state index contributed by atoms with van der Waals surface area (Å²) in [4.78, 5) is 9.54. The summed E-state index contributed by atoms with van der Waals surface area (Å²) >= 11 is 0. The Hall–Kier alpha value is -0.860. The molecule has 3 atom stereocenters. The Morgan fingerprint density at radius 2 is 2.04 bits per heavy atom. The summed E-state index contributed by atoms with van der Waals surface area (Å²) in [5.74, 6) is 1.75. The van der Waals surface area contributed by atoms with Crippen LogP contribution in [0.15, 0.2) is 35.3 Å². The minimum Gasteiger partial charge on any atom is -0.373 e. The SMILES string of the molecule is CN=C(NCC1CN2CCCC2CO1)N1CCC(Cc2ccccc2)C1.I. The molecule has 0 radical (unpaired) electrons. The van der Waals surface area contributed by atoms with Crippen molar-refractivity contribution in [3.63, 3.8) is 0 Å². The maximum absolute atomic E-state index is 6.07. The van der Waals surface area contributed by atoms with Crippen LogP contribution in [0.4, 0.5) is 0 Å². The van der Waals surface area contributed by atoms with E-state index in [0.717, 1.165) is 45.2 Å². The highest BCUT2D eigenvalue weighted by molar-refractivity contribution is 14.0. The molecule has 4 rings (SSSR count). The number of aliphatic imine (C=N–C) groups is 1. The number of rotatable bonds is 4. The standard InChI is InChI=1S/C21H32N4O.HI/c1-22-21(23-13-20-15-24-10-5-8-19(24)16-26-20)25-11-9-18(14-25)12-17-6-3-2-4-7-17;/h2-4,6-7,18-20H,5,8-16H2,1H3,(H,22,23);1H. The van der Waals surface area contributed by atoms with E-state index in [1.165, 1.54) is 31.4 Å². The van der Waals surface area contributed by atoms with Crippen molar-refractivity contribution in [1.29, 1.82) is 0 Å². The lowest BCUT2D eigenvalue weighted by Crippen LogP contribution is -2.51. The van der Waals surface area contributed by atoms with E-state index in [4.69, 9.17) is 4.74 Å². The average Bonchev–Trinajstić information content (AvgIpc) is 3.32. The fourth-order valence-electron chi connectivity index (χ4n) is 4.69. The second-order valence-corrected chi connectivity index (χ2v) is 7.96. The summed E-state index contributed by atoms with van der Waals surface area (Å²) in [6.07, 6.45) is 5.32. The maximum Gasteiger partial charge on any atom is 0.193 e. The van der Waals surface area contributed by atoms with Gasteiger partial charge in [-0.05, 0) is 43.7 Å². The Morgan fingerprint density at radius 3 is 2.85 bits per heavy atom. The minimum atomic E-state index is 0. The van der Waals surface area contributed by atoms with E-state index >= 15 is 0 Å². The fraction of sp³-hybridized carbons (Fsp3) is 0.667. The number of morpholine rings is 1. The highest BCUT2D eigenvalue weighted by Crippen LogP contribution is 2.23. The van der Waals surface area contributed by atoms with E-state index in [-0.39, 0.29) is 30.1 Å². The number of ether oxygens (including phenoxy) is 1. The molecule has 1 N–H and O–H groups in total. The lowest BCUT2D eigenvalue weighted by atomic mass is 9.99. The molecule has 0 saturated carbocycles. The van der Waals surface area contributed by atoms with Crippen molar-refractivity contribution in [1.82, 2.24) is 15.1 Å². The van der Waals surface area contributed by atoms with Gasteiger partial charge in [0.1, 0.15) is 0 Å². The van der Waals surface area contributed by atoms with E-state index in [1.807, 2.05) is 7.05 Å². The van der Waals surface area contributed by atoms with Crippen LogP contribution in [0, 0.1) is 5.92 Å². The molecule has 5 nitrogen and oxygen atoms in total. The first-order chi connectivity index (χ1) is 12.8. The molecule has 6 heteroatoms. The average molecular weight is 484 g/mol. The third-order valence-corrected chi connectivity index (χ3v) is 6.11. The van der Waals surface area contributed by atoms with E-state index in [0.29, 0.717) is 12.0 Å². The van der Waals surface area contributed by atoms with Crippen molar-refractivity contribution in [2.75, 3.05) is 46.4 Å².